The van der Waals surface area contributed by atoms with Crippen LogP contribution in [-0.4, -0.2) is 52.3 Å². The maximum Gasteiger partial charge on any atom is 0.254 e. The van der Waals surface area contributed by atoms with Gasteiger partial charge in [0.05, 0.1) is 0 Å². The van der Waals surface area contributed by atoms with Crippen molar-refractivity contribution < 1.29 is 10.3 Å². The zero-order valence-electron chi connectivity index (χ0n) is 15.4. The van der Waals surface area contributed by atoms with Crippen molar-refractivity contribution in [1.29, 1.82) is 0 Å². The Morgan fingerprint density at radius 2 is 1.61 bits per heavy atom. The summed E-state index contributed by atoms with van der Waals surface area (Å²) < 4.78 is 0. The molecule has 2 heterocycles. The van der Waals surface area contributed by atoms with Crippen molar-refractivity contribution in [2.75, 3.05) is 26.2 Å². The lowest BCUT2D eigenvalue weighted by Crippen LogP contribution is -2.48. The van der Waals surface area contributed by atoms with E-state index in [4.69, 9.17) is 0 Å². The highest BCUT2D eigenvalue weighted by molar-refractivity contribution is 6.06. The van der Waals surface area contributed by atoms with Crippen LogP contribution in [0, 0.1) is 0 Å². The van der Waals surface area contributed by atoms with Gasteiger partial charge in [-0.25, -0.2) is 0 Å². The van der Waals surface area contributed by atoms with E-state index in [1.54, 1.807) is 6.07 Å². The number of amides is 1. The highest BCUT2D eigenvalue weighted by Crippen LogP contribution is 2.18. The number of aromatic amines is 1. The molecule has 28 heavy (non-hydrogen) atoms. The average molecular weight is 402 g/mol. The number of hydrogen-bond acceptors (Lipinski definition) is 3. The Morgan fingerprint density at radius 3 is 2.32 bits per heavy atom. The first-order chi connectivity index (χ1) is 12.7. The van der Waals surface area contributed by atoms with Crippen LogP contribution < -0.4 is 5.56 Å². The van der Waals surface area contributed by atoms with Crippen molar-refractivity contribution in [1.82, 2.24) is 14.8 Å². The molecular weight excluding hydrogens is 378 g/mol. The SMILES string of the molecule is Cl.O.O=C(c1cccc2[nH]c(=O)ccc12)N1CCN(Cc2ccccc2)CC1. The molecule has 0 bridgehead atoms. The molecule has 0 unspecified atom stereocenters. The summed E-state index contributed by atoms with van der Waals surface area (Å²) in [6.45, 7) is 4.07. The van der Waals surface area contributed by atoms with Gasteiger partial charge in [-0.3, -0.25) is 14.5 Å². The predicted octanol–water partition coefficient (Wildman–Crippen LogP) is 2.08. The Balaban J connectivity index is 0.00000140. The highest BCUT2D eigenvalue weighted by Gasteiger charge is 2.23. The van der Waals surface area contributed by atoms with Crippen LogP contribution in [0.3, 0.4) is 0 Å². The standard InChI is InChI=1S/C21H21N3O2.ClH.H2O/c25-20-10-9-17-18(7-4-8-19(17)22-20)21(26)24-13-11-23(12-14-24)15-16-5-2-1-3-6-16;;/h1-10H,11-15H2,(H,22,25);1H;1H2. The van der Waals surface area contributed by atoms with Crippen LogP contribution in [0.2, 0.25) is 0 Å². The summed E-state index contributed by atoms with van der Waals surface area (Å²) in [5, 5.41) is 0.795. The number of carbonyl (C=O) groups excluding carboxylic acids is 1. The first kappa shape index (κ1) is 21.6. The Labute approximate surface area is 169 Å². The molecule has 4 rings (SSSR count). The molecule has 2 aromatic carbocycles. The second kappa shape index (κ2) is 9.50. The number of carbonyl (C=O) groups is 1. The molecule has 7 heteroatoms. The van der Waals surface area contributed by atoms with Gasteiger partial charge in [-0.1, -0.05) is 36.4 Å². The van der Waals surface area contributed by atoms with Gasteiger partial charge in [-0.2, -0.15) is 0 Å². The Kier molecular flexibility index (Phi) is 7.34. The fourth-order valence-electron chi connectivity index (χ4n) is 3.49. The number of aromatic nitrogens is 1. The van der Waals surface area contributed by atoms with E-state index in [-0.39, 0.29) is 29.3 Å². The quantitative estimate of drug-likeness (QED) is 0.728. The van der Waals surface area contributed by atoms with Gasteiger partial charge in [0.1, 0.15) is 0 Å². The third-order valence-electron chi connectivity index (χ3n) is 4.90. The van der Waals surface area contributed by atoms with Crippen molar-refractivity contribution in [3.8, 4) is 0 Å². The molecule has 3 aromatic rings. The van der Waals surface area contributed by atoms with Crippen LogP contribution in [0.15, 0.2) is 65.5 Å². The van der Waals surface area contributed by atoms with Crippen molar-refractivity contribution in [3.05, 3.63) is 82.1 Å². The Morgan fingerprint density at radius 1 is 0.893 bits per heavy atom. The lowest BCUT2D eigenvalue weighted by Gasteiger charge is -2.35. The van der Waals surface area contributed by atoms with E-state index in [0.717, 1.165) is 25.0 Å². The molecule has 1 aromatic heterocycles. The van der Waals surface area contributed by atoms with Gasteiger partial charge in [0.2, 0.25) is 5.56 Å². The molecule has 6 nitrogen and oxygen atoms in total. The van der Waals surface area contributed by atoms with Crippen LogP contribution in [0.5, 0.6) is 0 Å². The monoisotopic (exact) mass is 401 g/mol. The zero-order chi connectivity index (χ0) is 17.9. The minimum absolute atomic E-state index is 0. The van der Waals surface area contributed by atoms with Crippen molar-refractivity contribution in [3.63, 3.8) is 0 Å². The number of piperazine rings is 1. The van der Waals surface area contributed by atoms with Crippen LogP contribution >= 0.6 is 12.4 Å². The van der Waals surface area contributed by atoms with Gasteiger partial charge < -0.3 is 15.4 Å². The number of hydrogen-bond donors (Lipinski definition) is 1. The smallest absolute Gasteiger partial charge is 0.254 e. The van der Waals surface area contributed by atoms with E-state index in [0.29, 0.717) is 24.2 Å². The van der Waals surface area contributed by atoms with E-state index in [2.05, 4.69) is 34.1 Å². The molecule has 1 fully saturated rings. The molecule has 3 N–H and O–H groups in total. The molecular formula is C21H24ClN3O3. The Hall–Kier alpha value is -2.67. The highest BCUT2D eigenvalue weighted by atomic mass is 35.5. The van der Waals surface area contributed by atoms with Crippen LogP contribution in [0.1, 0.15) is 15.9 Å². The fourth-order valence-corrected chi connectivity index (χ4v) is 3.49. The largest absolute Gasteiger partial charge is 0.412 e. The number of fused-ring (bicyclic) bond motifs is 1. The molecule has 0 aliphatic carbocycles. The maximum absolute atomic E-state index is 13.0. The summed E-state index contributed by atoms with van der Waals surface area (Å²) in [4.78, 5) is 31.5. The Bertz CT molecular complexity index is 983. The molecule has 0 atom stereocenters. The normalized spacial score (nSPS) is 14.2. The van der Waals surface area contributed by atoms with Crippen molar-refractivity contribution >= 4 is 29.2 Å². The second-order valence-corrected chi connectivity index (χ2v) is 6.64. The van der Waals surface area contributed by atoms with Gasteiger partial charge in [0, 0.05) is 55.3 Å². The molecule has 0 saturated carbocycles. The van der Waals surface area contributed by atoms with Crippen molar-refractivity contribution in [2.24, 2.45) is 0 Å². The molecule has 1 aliphatic rings. The van der Waals surface area contributed by atoms with Gasteiger partial charge in [-0.05, 0) is 23.8 Å². The molecule has 0 radical (unpaired) electrons. The number of nitrogens with zero attached hydrogens (tertiary/aromatic N) is 2. The fraction of sp³-hybridized carbons (Fsp3) is 0.238. The number of nitrogens with one attached hydrogen (secondary N) is 1. The van der Waals surface area contributed by atoms with E-state index >= 15 is 0 Å². The number of H-pyrrole nitrogens is 1. The second-order valence-electron chi connectivity index (χ2n) is 6.64. The summed E-state index contributed by atoms with van der Waals surface area (Å²) >= 11 is 0. The van der Waals surface area contributed by atoms with Gasteiger partial charge >= 0.3 is 0 Å². The third-order valence-corrected chi connectivity index (χ3v) is 4.90. The van der Waals surface area contributed by atoms with E-state index in [9.17, 15) is 9.59 Å². The van der Waals surface area contributed by atoms with Gasteiger partial charge in [0.25, 0.3) is 5.91 Å². The zero-order valence-corrected chi connectivity index (χ0v) is 16.2. The van der Waals surface area contributed by atoms with E-state index in [1.165, 1.54) is 11.6 Å². The predicted molar refractivity (Wildman–Crippen MR) is 113 cm³/mol. The summed E-state index contributed by atoms with van der Waals surface area (Å²) in [6.07, 6.45) is 0. The number of halogens is 1. The minimum Gasteiger partial charge on any atom is -0.412 e. The lowest BCUT2D eigenvalue weighted by atomic mass is 10.1. The minimum atomic E-state index is -0.156. The molecule has 1 amide bonds. The first-order valence-electron chi connectivity index (χ1n) is 8.88. The summed E-state index contributed by atoms with van der Waals surface area (Å²) in [6, 6.07) is 19.1. The molecule has 148 valence electrons. The summed E-state index contributed by atoms with van der Waals surface area (Å²) in [5.74, 6) is 0.0296. The number of benzene rings is 2. The maximum atomic E-state index is 13.0. The molecule has 1 aliphatic heterocycles. The number of rotatable bonds is 3. The van der Waals surface area contributed by atoms with Crippen LogP contribution in [0.25, 0.3) is 10.9 Å². The third kappa shape index (κ3) is 4.59. The van der Waals surface area contributed by atoms with Gasteiger partial charge in [0.15, 0.2) is 0 Å². The topological polar surface area (TPSA) is 87.9 Å². The average Bonchev–Trinajstić information content (AvgIpc) is 2.68. The van der Waals surface area contributed by atoms with E-state index in [1.807, 2.05) is 29.2 Å². The molecule has 0 spiro atoms. The van der Waals surface area contributed by atoms with E-state index < -0.39 is 0 Å². The van der Waals surface area contributed by atoms with Crippen LogP contribution in [0.4, 0.5) is 0 Å². The van der Waals surface area contributed by atoms with Crippen molar-refractivity contribution in [2.45, 2.75) is 6.54 Å². The molecule has 1 saturated heterocycles. The number of pyridine rings is 1. The first-order valence-corrected chi connectivity index (χ1v) is 8.88. The van der Waals surface area contributed by atoms with Crippen LogP contribution in [-0.2, 0) is 6.54 Å². The summed E-state index contributed by atoms with van der Waals surface area (Å²) in [7, 11) is 0. The van der Waals surface area contributed by atoms with Gasteiger partial charge in [-0.15, -0.1) is 12.4 Å². The summed E-state index contributed by atoms with van der Waals surface area (Å²) in [5.41, 5.74) is 2.49. The lowest BCUT2D eigenvalue weighted by molar-refractivity contribution is 0.0630.